The molecule has 1 saturated heterocycles. The molecule has 1 unspecified atom stereocenters. The number of imide groups is 1. The van der Waals surface area contributed by atoms with E-state index in [2.05, 4.69) is 10.3 Å². The molecule has 0 bridgehead atoms. The Bertz CT molecular complexity index is 1280. The minimum Gasteiger partial charge on any atom is -0.459 e. The molecule has 0 spiro atoms. The van der Waals surface area contributed by atoms with Crippen molar-refractivity contribution in [2.45, 2.75) is 38.5 Å². The molecule has 4 rings (SSSR count). The zero-order chi connectivity index (χ0) is 22.9. The summed E-state index contributed by atoms with van der Waals surface area (Å²) in [4.78, 5) is 56.3. The summed E-state index contributed by atoms with van der Waals surface area (Å²) in [5.41, 5.74) is 4.91. The number of aromatic nitrogens is 2. The van der Waals surface area contributed by atoms with Gasteiger partial charge in [0.15, 0.2) is 0 Å². The van der Waals surface area contributed by atoms with Crippen LogP contribution in [0.25, 0.3) is 10.9 Å². The van der Waals surface area contributed by atoms with Gasteiger partial charge in [0, 0.05) is 13.0 Å². The van der Waals surface area contributed by atoms with Crippen LogP contribution in [0.4, 0.5) is 0 Å². The number of carbonyl (C=O) groups excluding carboxylic acids is 3. The SMILES string of the molecule is Cc1nc2ccc(CN)cc2c(=O)n1C1(C(=O)OCc2ccccc2)CCC(=O)NC1=O. The molecule has 9 nitrogen and oxygen atoms in total. The number of nitrogens with one attached hydrogen (secondary N) is 1. The summed E-state index contributed by atoms with van der Waals surface area (Å²) < 4.78 is 6.53. The van der Waals surface area contributed by atoms with E-state index in [4.69, 9.17) is 10.5 Å². The van der Waals surface area contributed by atoms with Crippen LogP contribution in [0.2, 0.25) is 0 Å². The van der Waals surface area contributed by atoms with Crippen LogP contribution in [-0.2, 0) is 37.8 Å². The molecule has 3 aromatic rings. The maximum Gasteiger partial charge on any atom is 0.342 e. The highest BCUT2D eigenvalue weighted by Crippen LogP contribution is 2.30. The van der Waals surface area contributed by atoms with Crippen molar-refractivity contribution in [3.63, 3.8) is 0 Å². The van der Waals surface area contributed by atoms with Crippen LogP contribution in [0.3, 0.4) is 0 Å². The van der Waals surface area contributed by atoms with Gasteiger partial charge in [0.1, 0.15) is 12.4 Å². The number of amides is 2. The lowest BCUT2D eigenvalue weighted by molar-refractivity contribution is -0.164. The summed E-state index contributed by atoms with van der Waals surface area (Å²) in [7, 11) is 0. The molecule has 164 valence electrons. The second kappa shape index (κ2) is 8.35. The lowest BCUT2D eigenvalue weighted by atomic mass is 9.87. The number of benzene rings is 2. The van der Waals surface area contributed by atoms with Crippen molar-refractivity contribution in [2.24, 2.45) is 5.73 Å². The monoisotopic (exact) mass is 434 g/mol. The molecule has 9 heteroatoms. The maximum absolute atomic E-state index is 13.5. The van der Waals surface area contributed by atoms with Crippen LogP contribution in [0.1, 0.15) is 29.8 Å². The van der Waals surface area contributed by atoms with E-state index >= 15 is 0 Å². The first kappa shape index (κ1) is 21.4. The summed E-state index contributed by atoms with van der Waals surface area (Å²) in [6.45, 7) is 1.66. The fourth-order valence-corrected chi connectivity index (χ4v) is 3.96. The average molecular weight is 434 g/mol. The normalized spacial score (nSPS) is 18.4. The Morgan fingerprint density at radius 2 is 1.91 bits per heavy atom. The van der Waals surface area contributed by atoms with Crippen LogP contribution in [0.15, 0.2) is 53.3 Å². The van der Waals surface area contributed by atoms with Gasteiger partial charge >= 0.3 is 5.97 Å². The molecule has 1 aliphatic rings. The van der Waals surface area contributed by atoms with E-state index in [9.17, 15) is 19.2 Å². The maximum atomic E-state index is 13.5. The number of piperidine rings is 1. The first-order chi connectivity index (χ1) is 15.4. The van der Waals surface area contributed by atoms with Gasteiger partial charge in [-0.25, -0.2) is 9.78 Å². The smallest absolute Gasteiger partial charge is 0.342 e. The van der Waals surface area contributed by atoms with Crippen LogP contribution < -0.4 is 16.6 Å². The molecular formula is C23H22N4O5. The number of aryl methyl sites for hydroxylation is 1. The van der Waals surface area contributed by atoms with Crippen molar-refractivity contribution in [3.05, 3.63) is 75.8 Å². The molecule has 1 fully saturated rings. The Hall–Kier alpha value is -3.85. The third-order valence-corrected chi connectivity index (χ3v) is 5.61. The molecule has 32 heavy (non-hydrogen) atoms. The Morgan fingerprint density at radius 3 is 2.59 bits per heavy atom. The molecule has 2 amide bonds. The number of carbonyl (C=O) groups is 3. The number of nitrogens with zero attached hydrogens (tertiary/aromatic N) is 2. The Kier molecular flexibility index (Phi) is 5.58. The number of rotatable bonds is 5. The first-order valence-corrected chi connectivity index (χ1v) is 10.1. The van der Waals surface area contributed by atoms with Gasteiger partial charge in [0.25, 0.3) is 11.5 Å². The average Bonchev–Trinajstić information content (AvgIpc) is 2.79. The largest absolute Gasteiger partial charge is 0.459 e. The second-order valence-corrected chi connectivity index (χ2v) is 7.65. The van der Waals surface area contributed by atoms with Crippen LogP contribution in [0, 0.1) is 6.92 Å². The molecule has 0 aliphatic carbocycles. The van der Waals surface area contributed by atoms with Gasteiger partial charge in [-0.2, -0.15) is 0 Å². The Labute approximate surface area is 183 Å². The van der Waals surface area contributed by atoms with Crippen molar-refractivity contribution >= 4 is 28.7 Å². The number of nitrogens with two attached hydrogens (primary N) is 1. The van der Waals surface area contributed by atoms with Crippen molar-refractivity contribution in [3.8, 4) is 0 Å². The highest BCUT2D eigenvalue weighted by molar-refractivity contribution is 6.12. The lowest BCUT2D eigenvalue weighted by Crippen LogP contribution is -2.62. The molecular weight excluding hydrogens is 412 g/mol. The fourth-order valence-electron chi connectivity index (χ4n) is 3.96. The molecule has 2 aromatic carbocycles. The van der Waals surface area contributed by atoms with Gasteiger partial charge in [-0.1, -0.05) is 36.4 Å². The molecule has 1 atom stereocenters. The van der Waals surface area contributed by atoms with Gasteiger partial charge in [-0.3, -0.25) is 24.3 Å². The summed E-state index contributed by atoms with van der Waals surface area (Å²) in [6.07, 6.45) is -0.339. The number of fused-ring (bicyclic) bond motifs is 1. The molecule has 1 aromatic heterocycles. The number of ether oxygens (including phenoxy) is 1. The van der Waals surface area contributed by atoms with E-state index in [0.717, 1.165) is 10.1 Å². The minimum absolute atomic E-state index is 0.0885. The fraction of sp³-hybridized carbons (Fsp3) is 0.261. The van der Waals surface area contributed by atoms with E-state index in [0.29, 0.717) is 11.1 Å². The number of esters is 1. The quantitative estimate of drug-likeness (QED) is 0.348. The Balaban J connectivity index is 1.86. The van der Waals surface area contributed by atoms with Gasteiger partial charge in [-0.15, -0.1) is 0 Å². The summed E-state index contributed by atoms with van der Waals surface area (Å²) in [5, 5.41) is 2.41. The van der Waals surface area contributed by atoms with Gasteiger partial charge in [-0.05, 0) is 36.6 Å². The number of hydrogen-bond donors (Lipinski definition) is 2. The molecule has 3 N–H and O–H groups in total. The van der Waals surface area contributed by atoms with Crippen molar-refractivity contribution in [1.82, 2.24) is 14.9 Å². The first-order valence-electron chi connectivity index (χ1n) is 10.1. The van der Waals surface area contributed by atoms with Gasteiger partial charge < -0.3 is 10.5 Å². The molecule has 2 heterocycles. The van der Waals surface area contributed by atoms with Crippen molar-refractivity contribution in [2.75, 3.05) is 0 Å². The predicted octanol–water partition coefficient (Wildman–Crippen LogP) is 1.04. The summed E-state index contributed by atoms with van der Waals surface area (Å²) >= 11 is 0. The van der Waals surface area contributed by atoms with E-state index < -0.39 is 28.9 Å². The molecule has 0 radical (unpaired) electrons. The van der Waals surface area contributed by atoms with E-state index in [1.807, 2.05) is 6.07 Å². The van der Waals surface area contributed by atoms with E-state index in [1.54, 1.807) is 42.5 Å². The Morgan fingerprint density at radius 1 is 1.16 bits per heavy atom. The van der Waals surface area contributed by atoms with E-state index in [-0.39, 0.29) is 37.2 Å². The topological polar surface area (TPSA) is 133 Å². The van der Waals surface area contributed by atoms with Gasteiger partial charge in [0.05, 0.1) is 10.9 Å². The lowest BCUT2D eigenvalue weighted by Gasteiger charge is -2.35. The highest BCUT2D eigenvalue weighted by atomic mass is 16.5. The van der Waals surface area contributed by atoms with Crippen LogP contribution in [-0.4, -0.2) is 27.3 Å². The summed E-state index contributed by atoms with van der Waals surface area (Å²) in [6, 6.07) is 14.0. The van der Waals surface area contributed by atoms with Crippen molar-refractivity contribution < 1.29 is 19.1 Å². The van der Waals surface area contributed by atoms with E-state index in [1.165, 1.54) is 6.92 Å². The zero-order valence-electron chi connectivity index (χ0n) is 17.5. The third-order valence-electron chi connectivity index (χ3n) is 5.61. The zero-order valence-corrected chi connectivity index (χ0v) is 17.5. The third kappa shape index (κ3) is 3.56. The van der Waals surface area contributed by atoms with Crippen molar-refractivity contribution in [1.29, 1.82) is 0 Å². The van der Waals surface area contributed by atoms with Crippen LogP contribution >= 0.6 is 0 Å². The standard InChI is InChI=1S/C23H22N4O5/c1-14-25-18-8-7-16(12-24)11-17(18)20(29)27(14)23(10-9-19(28)26-21(23)30)22(31)32-13-15-5-3-2-4-6-15/h2-8,11H,9-10,12-13,24H2,1H3,(H,26,28,30). The molecule has 0 saturated carbocycles. The minimum atomic E-state index is -2.05. The highest BCUT2D eigenvalue weighted by Gasteiger charge is 2.54. The summed E-state index contributed by atoms with van der Waals surface area (Å²) in [5.74, 6) is -2.20. The van der Waals surface area contributed by atoms with Crippen LogP contribution in [0.5, 0.6) is 0 Å². The second-order valence-electron chi connectivity index (χ2n) is 7.65. The number of hydrogen-bond acceptors (Lipinski definition) is 7. The molecule has 1 aliphatic heterocycles. The predicted molar refractivity (Wildman–Crippen MR) is 115 cm³/mol. The van der Waals surface area contributed by atoms with Gasteiger partial charge in [0.2, 0.25) is 11.4 Å².